The maximum Gasteiger partial charge on any atom is 0.328 e. The van der Waals surface area contributed by atoms with E-state index in [1.54, 1.807) is 0 Å². The van der Waals surface area contributed by atoms with Gasteiger partial charge in [0.15, 0.2) is 0 Å². The molecule has 4 aliphatic rings. The summed E-state index contributed by atoms with van der Waals surface area (Å²) >= 11 is 0. The summed E-state index contributed by atoms with van der Waals surface area (Å²) in [6.45, 7) is 5.58. The summed E-state index contributed by atoms with van der Waals surface area (Å²) in [5.41, 5.74) is 1.55. The second kappa shape index (κ2) is 8.22. The highest BCUT2D eigenvalue weighted by molar-refractivity contribution is 6.09. The van der Waals surface area contributed by atoms with Gasteiger partial charge in [-0.25, -0.2) is 4.79 Å². The molecule has 2 aromatic carbocycles. The molecule has 6 rings (SSSR count). The van der Waals surface area contributed by atoms with E-state index >= 15 is 0 Å². The van der Waals surface area contributed by atoms with Crippen molar-refractivity contribution >= 4 is 28.4 Å². The zero-order chi connectivity index (χ0) is 23.4. The first-order valence-electron chi connectivity index (χ1n) is 12.4. The number of nitrogens with zero attached hydrogens (tertiary/aromatic N) is 4. The molecule has 3 amide bonds. The Hall–Kier alpha value is -2.68. The Morgan fingerprint density at radius 1 is 1.06 bits per heavy atom. The van der Waals surface area contributed by atoms with E-state index in [2.05, 4.69) is 65.6 Å². The van der Waals surface area contributed by atoms with Crippen molar-refractivity contribution in [2.45, 2.75) is 18.0 Å². The Bertz CT molecular complexity index is 1130. The van der Waals surface area contributed by atoms with Crippen LogP contribution in [-0.4, -0.2) is 98.8 Å². The van der Waals surface area contributed by atoms with Gasteiger partial charge in [0, 0.05) is 70.4 Å². The van der Waals surface area contributed by atoms with Gasteiger partial charge in [0.1, 0.15) is 5.54 Å². The average molecular weight is 464 g/mol. The number of fused-ring (bicyclic) bond motifs is 1. The first-order chi connectivity index (χ1) is 16.5. The average Bonchev–Trinajstić information content (AvgIpc) is 3.46. The zero-order valence-electron chi connectivity index (χ0n) is 20.0. The Morgan fingerprint density at radius 2 is 1.82 bits per heavy atom. The van der Waals surface area contributed by atoms with Crippen molar-refractivity contribution in [3.05, 3.63) is 42.0 Å². The molecule has 1 N–H and O–H groups in total. The van der Waals surface area contributed by atoms with Gasteiger partial charge in [-0.05, 0) is 23.4 Å². The molecule has 180 valence electrons. The third-order valence-corrected chi connectivity index (χ3v) is 8.28. The van der Waals surface area contributed by atoms with Crippen molar-refractivity contribution in [1.82, 2.24) is 20.0 Å². The third-order valence-electron chi connectivity index (χ3n) is 8.28. The Morgan fingerprint density at radius 3 is 2.59 bits per heavy atom. The zero-order valence-corrected chi connectivity index (χ0v) is 20.0. The van der Waals surface area contributed by atoms with Crippen LogP contribution in [0.1, 0.15) is 18.0 Å². The predicted molar refractivity (Wildman–Crippen MR) is 131 cm³/mol. The number of morpholine rings is 1. The summed E-state index contributed by atoms with van der Waals surface area (Å²) in [6, 6.07) is 12.5. The fourth-order valence-electron chi connectivity index (χ4n) is 6.59. The number of carbonyl (C=O) groups is 2. The summed E-state index contributed by atoms with van der Waals surface area (Å²) in [7, 11) is 4.11. The maximum absolute atomic E-state index is 13.9. The lowest BCUT2D eigenvalue weighted by Gasteiger charge is -2.31. The number of hydrogen-bond donors (Lipinski definition) is 1. The first kappa shape index (κ1) is 21.8. The molecule has 4 saturated heterocycles. The summed E-state index contributed by atoms with van der Waals surface area (Å²) in [5, 5.41) is 5.76. The van der Waals surface area contributed by atoms with Crippen LogP contribution in [0.5, 0.6) is 0 Å². The molecular weight excluding hydrogens is 430 g/mol. The smallest absolute Gasteiger partial charge is 0.328 e. The van der Waals surface area contributed by atoms with Gasteiger partial charge in [0.2, 0.25) is 0 Å². The fraction of sp³-hybridized carbons (Fsp3) is 0.538. The van der Waals surface area contributed by atoms with E-state index in [1.807, 2.05) is 4.90 Å². The lowest BCUT2D eigenvalue weighted by atomic mass is 9.87. The molecule has 4 heterocycles. The molecular formula is C26H33N5O3. The van der Waals surface area contributed by atoms with Gasteiger partial charge in [-0.2, -0.15) is 0 Å². The number of anilines is 1. The number of hydrogen-bond acceptors (Lipinski definition) is 6. The van der Waals surface area contributed by atoms with Gasteiger partial charge in [-0.3, -0.25) is 14.6 Å². The van der Waals surface area contributed by atoms with Crippen LogP contribution < -0.4 is 10.2 Å². The van der Waals surface area contributed by atoms with E-state index in [1.165, 1.54) is 10.3 Å². The molecule has 0 aromatic heterocycles. The molecule has 3 atom stereocenters. The lowest BCUT2D eigenvalue weighted by molar-refractivity contribution is -0.133. The molecule has 8 nitrogen and oxygen atoms in total. The van der Waals surface area contributed by atoms with E-state index in [4.69, 9.17) is 4.74 Å². The van der Waals surface area contributed by atoms with E-state index in [9.17, 15) is 9.59 Å². The molecule has 34 heavy (non-hydrogen) atoms. The van der Waals surface area contributed by atoms with Gasteiger partial charge in [-0.15, -0.1) is 0 Å². The number of rotatable bonds is 5. The van der Waals surface area contributed by atoms with Gasteiger partial charge >= 0.3 is 6.03 Å². The van der Waals surface area contributed by atoms with Gasteiger partial charge in [0.25, 0.3) is 5.91 Å². The largest absolute Gasteiger partial charge is 0.379 e. The SMILES string of the molecule is CN(C)c1ccc(C2C[C@@H]3CNC[C@]34C(=O)N(CCN3CCOCC3)C(=O)N24)c2ccccc12. The highest BCUT2D eigenvalue weighted by atomic mass is 16.5. The molecule has 0 aliphatic carbocycles. The second-order valence-electron chi connectivity index (χ2n) is 10.2. The van der Waals surface area contributed by atoms with Gasteiger partial charge in [-0.1, -0.05) is 30.3 Å². The van der Waals surface area contributed by atoms with Gasteiger partial charge in [0.05, 0.1) is 19.3 Å². The Balaban J connectivity index is 1.36. The first-order valence-corrected chi connectivity index (χ1v) is 12.4. The molecule has 4 fully saturated rings. The molecule has 4 aliphatic heterocycles. The summed E-state index contributed by atoms with van der Waals surface area (Å²) < 4.78 is 5.44. The van der Waals surface area contributed by atoms with Crippen molar-refractivity contribution in [2.75, 3.05) is 71.5 Å². The van der Waals surface area contributed by atoms with Crippen LogP contribution >= 0.6 is 0 Å². The highest BCUT2D eigenvalue weighted by Crippen LogP contribution is 2.54. The van der Waals surface area contributed by atoms with Crippen LogP contribution in [0.3, 0.4) is 0 Å². The standard InChI is InChI=1S/C26H33N5O3/c1-28(2)22-8-7-21(19-5-3-4-6-20(19)22)23-15-18-16-27-17-26(18)24(32)30(25(33)31(23)26)10-9-29-11-13-34-14-12-29/h3-8,18,23,27H,9-17H2,1-2H3/t18-,23?,26-/m1/s1. The molecule has 2 aromatic rings. The number of benzene rings is 2. The third kappa shape index (κ3) is 3.08. The topological polar surface area (TPSA) is 68.4 Å². The molecule has 0 radical (unpaired) electrons. The van der Waals surface area contributed by atoms with E-state index in [-0.39, 0.29) is 23.9 Å². The highest BCUT2D eigenvalue weighted by Gasteiger charge is 2.68. The molecule has 0 saturated carbocycles. The summed E-state index contributed by atoms with van der Waals surface area (Å²) in [5.74, 6) is 0.118. The van der Waals surface area contributed by atoms with Crippen molar-refractivity contribution < 1.29 is 14.3 Å². The van der Waals surface area contributed by atoms with Crippen molar-refractivity contribution in [1.29, 1.82) is 0 Å². The van der Waals surface area contributed by atoms with Crippen molar-refractivity contribution in [3.63, 3.8) is 0 Å². The minimum atomic E-state index is -0.756. The van der Waals surface area contributed by atoms with Crippen molar-refractivity contribution in [2.24, 2.45) is 5.92 Å². The van der Waals surface area contributed by atoms with Gasteiger partial charge < -0.3 is 19.9 Å². The molecule has 0 bridgehead atoms. The van der Waals surface area contributed by atoms with Crippen molar-refractivity contribution in [3.8, 4) is 0 Å². The van der Waals surface area contributed by atoms with Crippen LogP contribution in [0.25, 0.3) is 10.8 Å². The fourth-order valence-corrected chi connectivity index (χ4v) is 6.59. The molecule has 8 heteroatoms. The number of urea groups is 1. The van der Waals surface area contributed by atoms with E-state index < -0.39 is 5.54 Å². The number of ether oxygens (including phenoxy) is 1. The Labute approximate surface area is 200 Å². The second-order valence-corrected chi connectivity index (χ2v) is 10.2. The number of imide groups is 1. The lowest BCUT2D eigenvalue weighted by Crippen LogP contribution is -2.51. The van der Waals surface area contributed by atoms with Crippen LogP contribution in [-0.2, 0) is 9.53 Å². The van der Waals surface area contributed by atoms with Crippen LogP contribution in [0.4, 0.5) is 10.5 Å². The predicted octanol–water partition coefficient (Wildman–Crippen LogP) is 1.91. The Kier molecular flexibility index (Phi) is 5.28. The van der Waals surface area contributed by atoms with Crippen LogP contribution in [0.2, 0.25) is 0 Å². The molecule has 1 spiro atoms. The number of nitrogens with one attached hydrogen (secondary N) is 1. The summed E-state index contributed by atoms with van der Waals surface area (Å²) in [4.78, 5) is 35.6. The quantitative estimate of drug-likeness (QED) is 0.684. The minimum absolute atomic E-state index is 0.0162. The summed E-state index contributed by atoms with van der Waals surface area (Å²) in [6.07, 6.45) is 0.813. The monoisotopic (exact) mass is 463 g/mol. The van der Waals surface area contributed by atoms with Crippen LogP contribution in [0, 0.1) is 5.92 Å². The van der Waals surface area contributed by atoms with E-state index in [0.29, 0.717) is 32.8 Å². The molecule has 1 unspecified atom stereocenters. The van der Waals surface area contributed by atoms with E-state index in [0.717, 1.165) is 42.7 Å². The normalized spacial score (nSPS) is 29.2. The number of amides is 3. The van der Waals surface area contributed by atoms with Crippen LogP contribution in [0.15, 0.2) is 36.4 Å². The number of carbonyl (C=O) groups excluding carboxylic acids is 2. The maximum atomic E-state index is 13.9. The minimum Gasteiger partial charge on any atom is -0.379 e.